The number of pyridine rings is 1. The number of hydrogen-bond donors (Lipinski definition) is 1. The predicted molar refractivity (Wildman–Crippen MR) is 170 cm³/mol. The van der Waals surface area contributed by atoms with Crippen LogP contribution in [0.25, 0.3) is 38.5 Å². The lowest BCUT2D eigenvalue weighted by atomic mass is 9.91. The van der Waals surface area contributed by atoms with Crippen molar-refractivity contribution in [1.29, 1.82) is 0 Å². The van der Waals surface area contributed by atoms with Gasteiger partial charge in [0.1, 0.15) is 53.4 Å². The van der Waals surface area contributed by atoms with Crippen LogP contribution in [0.5, 0.6) is 17.6 Å². The van der Waals surface area contributed by atoms with Crippen molar-refractivity contribution in [3.05, 3.63) is 48.0 Å². The molecular formula is C35H36F3N5O3. The molecule has 6 heterocycles. The average Bonchev–Trinajstić information content (AvgIpc) is 3.53. The SMILES string of the molecule is C=C(CC)c1c(F)ccc2cc(O)cc(-c3nc4c5c(nc(OC[C@@]67CCCN6C[C@H](F)C7)nc5c3F)N3CCCC[C@H]3CO4)c12. The minimum absolute atomic E-state index is 0.00151. The van der Waals surface area contributed by atoms with Crippen LogP contribution < -0.4 is 14.4 Å². The molecule has 0 radical (unpaired) electrons. The second-order valence-electron chi connectivity index (χ2n) is 13.1. The van der Waals surface area contributed by atoms with Gasteiger partial charge in [-0.3, -0.25) is 4.90 Å². The molecule has 0 spiro atoms. The van der Waals surface area contributed by atoms with Crippen LogP contribution in [-0.2, 0) is 0 Å². The van der Waals surface area contributed by atoms with Crippen molar-refractivity contribution in [2.75, 3.05) is 37.7 Å². The van der Waals surface area contributed by atoms with Gasteiger partial charge in [0.2, 0.25) is 5.88 Å². The molecular weight excluding hydrogens is 595 g/mol. The van der Waals surface area contributed by atoms with Crippen molar-refractivity contribution in [2.45, 2.75) is 69.6 Å². The fraction of sp³-hybridized carbons (Fsp3) is 0.457. The molecule has 3 atom stereocenters. The summed E-state index contributed by atoms with van der Waals surface area (Å²) in [6.45, 7) is 8.38. The highest BCUT2D eigenvalue weighted by Gasteiger charge is 2.49. The van der Waals surface area contributed by atoms with E-state index in [-0.39, 0.29) is 52.6 Å². The van der Waals surface area contributed by atoms with Crippen LogP contribution in [0.2, 0.25) is 0 Å². The predicted octanol–water partition coefficient (Wildman–Crippen LogP) is 6.96. The van der Waals surface area contributed by atoms with Crippen LogP contribution in [0.15, 0.2) is 30.8 Å². The quantitative estimate of drug-likeness (QED) is 0.245. The second kappa shape index (κ2) is 11.0. The minimum atomic E-state index is -0.915. The highest BCUT2D eigenvalue weighted by molar-refractivity contribution is 6.06. The number of aromatic hydroxyl groups is 1. The summed E-state index contributed by atoms with van der Waals surface area (Å²) in [5.74, 6) is -0.717. The lowest BCUT2D eigenvalue weighted by Crippen LogP contribution is -2.44. The number of fused-ring (bicyclic) bond motifs is 4. The summed E-state index contributed by atoms with van der Waals surface area (Å²) >= 11 is 0. The van der Waals surface area contributed by atoms with E-state index in [2.05, 4.69) is 21.4 Å². The number of alkyl halides is 1. The summed E-state index contributed by atoms with van der Waals surface area (Å²) in [6, 6.07) is 5.77. The maximum absolute atomic E-state index is 17.1. The molecule has 0 amide bonds. The maximum atomic E-state index is 17.1. The first-order chi connectivity index (χ1) is 22.3. The van der Waals surface area contributed by atoms with Crippen molar-refractivity contribution in [3.8, 4) is 28.9 Å². The van der Waals surface area contributed by atoms with Crippen molar-refractivity contribution in [3.63, 3.8) is 0 Å². The number of anilines is 1. The number of nitrogens with zero attached hydrogens (tertiary/aromatic N) is 5. The number of ether oxygens (including phenoxy) is 2. The Morgan fingerprint density at radius 1 is 1.13 bits per heavy atom. The number of phenols is 1. The standard InChI is InChI=1S/C35H36F3N5O3/c1-3-19(2)26-25(37)9-8-20-13-23(44)14-24(27(20)26)30-29(38)31-28-32(43-12-5-4-7-22(43)17-45-33(28)39-30)41-34(40-31)46-18-35-10-6-11-42(35)16-21(36)15-35/h8-9,13-14,21-22,44H,2-7,10-12,15-18H2,1H3/t21-,22+,35+/m1/s1. The topological polar surface area (TPSA) is 83.8 Å². The van der Waals surface area contributed by atoms with Gasteiger partial charge in [-0.15, -0.1) is 0 Å². The highest BCUT2D eigenvalue weighted by Crippen LogP contribution is 2.46. The molecule has 2 aromatic heterocycles. The Labute approximate surface area is 264 Å². The number of allylic oxidation sites excluding steroid dienone is 1. The van der Waals surface area contributed by atoms with Crippen molar-refractivity contribution < 1.29 is 27.8 Å². The molecule has 4 aliphatic rings. The normalized spacial score (nSPS) is 24.1. The van der Waals surface area contributed by atoms with E-state index in [1.165, 1.54) is 18.2 Å². The number of hydrogen-bond acceptors (Lipinski definition) is 8. The van der Waals surface area contributed by atoms with Gasteiger partial charge in [-0.2, -0.15) is 9.97 Å². The van der Waals surface area contributed by atoms with Crippen LogP contribution in [0.3, 0.4) is 0 Å². The molecule has 46 heavy (non-hydrogen) atoms. The fourth-order valence-electron chi connectivity index (χ4n) is 8.07. The molecule has 2 aromatic carbocycles. The molecule has 240 valence electrons. The molecule has 0 bridgehead atoms. The van der Waals surface area contributed by atoms with E-state index in [0.717, 1.165) is 38.6 Å². The molecule has 8 rings (SSSR count). The monoisotopic (exact) mass is 631 g/mol. The summed E-state index contributed by atoms with van der Waals surface area (Å²) in [7, 11) is 0. The van der Waals surface area contributed by atoms with Gasteiger partial charge in [-0.25, -0.2) is 18.2 Å². The number of benzene rings is 2. The molecule has 4 aliphatic heterocycles. The summed E-state index contributed by atoms with van der Waals surface area (Å²) in [6.07, 6.45) is 4.56. The van der Waals surface area contributed by atoms with Gasteiger partial charge in [0.05, 0.1) is 11.6 Å². The van der Waals surface area contributed by atoms with E-state index in [9.17, 15) is 9.50 Å². The number of phenolic OH excluding ortho intramolecular Hbond substituents is 1. The largest absolute Gasteiger partial charge is 0.508 e. The highest BCUT2D eigenvalue weighted by atomic mass is 19.1. The van der Waals surface area contributed by atoms with Crippen LogP contribution in [0, 0.1) is 11.6 Å². The molecule has 3 saturated heterocycles. The minimum Gasteiger partial charge on any atom is -0.508 e. The third kappa shape index (κ3) is 4.57. The van der Waals surface area contributed by atoms with Crippen LogP contribution >= 0.6 is 0 Å². The van der Waals surface area contributed by atoms with E-state index < -0.39 is 23.3 Å². The Kier molecular flexibility index (Phi) is 7.00. The molecule has 0 aliphatic carbocycles. The first-order valence-corrected chi connectivity index (χ1v) is 16.2. The number of rotatable bonds is 6. The molecule has 8 nitrogen and oxygen atoms in total. The van der Waals surface area contributed by atoms with E-state index in [1.807, 2.05) is 6.92 Å². The van der Waals surface area contributed by atoms with Gasteiger partial charge >= 0.3 is 6.01 Å². The van der Waals surface area contributed by atoms with Gasteiger partial charge in [-0.05, 0) is 74.2 Å². The second-order valence-corrected chi connectivity index (χ2v) is 13.1. The Hall–Kier alpha value is -4.12. The molecule has 4 aromatic rings. The zero-order valence-electron chi connectivity index (χ0n) is 25.8. The van der Waals surface area contributed by atoms with E-state index in [0.29, 0.717) is 60.1 Å². The number of piperidine rings is 1. The summed E-state index contributed by atoms with van der Waals surface area (Å²) in [4.78, 5) is 18.4. The van der Waals surface area contributed by atoms with Gasteiger partial charge in [0, 0.05) is 36.0 Å². The zero-order chi connectivity index (χ0) is 31.7. The average molecular weight is 632 g/mol. The number of aromatic nitrogens is 3. The van der Waals surface area contributed by atoms with Crippen LogP contribution in [0.4, 0.5) is 19.0 Å². The third-order valence-electron chi connectivity index (χ3n) is 10.3. The summed E-state index contributed by atoms with van der Waals surface area (Å²) < 4.78 is 59.5. The van der Waals surface area contributed by atoms with Crippen LogP contribution in [-0.4, -0.2) is 75.6 Å². The molecule has 1 N–H and O–H groups in total. The van der Waals surface area contributed by atoms with Crippen LogP contribution in [0.1, 0.15) is 57.4 Å². The van der Waals surface area contributed by atoms with Gasteiger partial charge in [0.15, 0.2) is 5.82 Å². The van der Waals surface area contributed by atoms with Gasteiger partial charge < -0.3 is 19.5 Å². The lowest BCUT2D eigenvalue weighted by Gasteiger charge is -2.35. The summed E-state index contributed by atoms with van der Waals surface area (Å²) in [5, 5.41) is 12.0. The smallest absolute Gasteiger partial charge is 0.319 e. The van der Waals surface area contributed by atoms with Crippen molar-refractivity contribution in [1.82, 2.24) is 19.9 Å². The van der Waals surface area contributed by atoms with E-state index in [4.69, 9.17) is 19.4 Å². The first kappa shape index (κ1) is 29.3. The lowest BCUT2D eigenvalue weighted by molar-refractivity contribution is 0.107. The first-order valence-electron chi connectivity index (χ1n) is 16.2. The van der Waals surface area contributed by atoms with Gasteiger partial charge in [-0.1, -0.05) is 19.6 Å². The Balaban J connectivity index is 1.34. The van der Waals surface area contributed by atoms with E-state index in [1.54, 1.807) is 6.07 Å². The molecule has 11 heteroatoms. The van der Waals surface area contributed by atoms with E-state index >= 15 is 8.78 Å². The van der Waals surface area contributed by atoms with Gasteiger partial charge in [0.25, 0.3) is 0 Å². The van der Waals surface area contributed by atoms with Crippen molar-refractivity contribution in [2.24, 2.45) is 0 Å². The summed E-state index contributed by atoms with van der Waals surface area (Å²) in [5.41, 5.74) is 0.375. The molecule has 3 fully saturated rings. The molecule has 0 saturated carbocycles. The maximum Gasteiger partial charge on any atom is 0.319 e. The zero-order valence-corrected chi connectivity index (χ0v) is 25.8. The third-order valence-corrected chi connectivity index (χ3v) is 10.3. The Morgan fingerprint density at radius 3 is 2.85 bits per heavy atom. The Morgan fingerprint density at radius 2 is 2.00 bits per heavy atom. The molecule has 0 unspecified atom stereocenters. The van der Waals surface area contributed by atoms with Crippen molar-refractivity contribution >= 4 is 33.1 Å². The Bertz CT molecular complexity index is 1900. The fourth-order valence-corrected chi connectivity index (χ4v) is 8.07. The number of halogens is 3.